The van der Waals surface area contributed by atoms with Crippen molar-refractivity contribution in [3.05, 3.63) is 83.9 Å². The van der Waals surface area contributed by atoms with E-state index in [-0.39, 0.29) is 12.0 Å². The van der Waals surface area contributed by atoms with Gasteiger partial charge in [0.2, 0.25) is 0 Å². The first-order valence-electron chi connectivity index (χ1n) is 7.58. The largest absolute Gasteiger partial charge is 0.395 e. The summed E-state index contributed by atoms with van der Waals surface area (Å²) in [6.07, 6.45) is 5.60. The van der Waals surface area contributed by atoms with Gasteiger partial charge in [0.1, 0.15) is 0 Å². The molecule has 0 amide bonds. The molecular weight excluding hydrogens is 272 g/mol. The number of hydrogen-bond donors (Lipinski definition) is 1. The molecule has 0 saturated carbocycles. The highest BCUT2D eigenvalue weighted by Crippen LogP contribution is 2.38. The first kappa shape index (κ1) is 13.3. The van der Waals surface area contributed by atoms with Crippen LogP contribution in [0.4, 0.5) is 0 Å². The van der Waals surface area contributed by atoms with Crippen molar-refractivity contribution in [2.24, 2.45) is 0 Å². The summed E-state index contributed by atoms with van der Waals surface area (Å²) in [5.74, 6) is 0. The molecule has 0 radical (unpaired) electrons. The minimum absolute atomic E-state index is 0.119. The summed E-state index contributed by atoms with van der Waals surface area (Å²) in [5.41, 5.74) is 4.42. The summed E-state index contributed by atoms with van der Waals surface area (Å²) >= 11 is 0. The molecule has 3 aromatic rings. The van der Waals surface area contributed by atoms with Crippen LogP contribution in [0.3, 0.4) is 0 Å². The Hall–Kier alpha value is -2.39. The lowest BCUT2D eigenvalue weighted by Gasteiger charge is -2.24. The van der Waals surface area contributed by atoms with E-state index in [1.807, 2.05) is 29.1 Å². The van der Waals surface area contributed by atoms with Crippen LogP contribution in [-0.2, 0) is 18.3 Å². The van der Waals surface area contributed by atoms with Crippen LogP contribution in [-0.4, -0.2) is 21.3 Å². The minimum atomic E-state index is -0.288. The van der Waals surface area contributed by atoms with Crippen LogP contribution in [0.2, 0.25) is 0 Å². The quantitative estimate of drug-likeness (QED) is 0.805. The topological polar surface area (TPSA) is 38.0 Å². The summed E-state index contributed by atoms with van der Waals surface area (Å²) in [6.45, 7) is 0.119. The number of aliphatic hydroxyl groups is 1. The highest BCUT2D eigenvalue weighted by molar-refractivity contribution is 5.41. The van der Waals surface area contributed by atoms with Crippen LogP contribution in [0.5, 0.6) is 0 Å². The SMILES string of the molecule is OCC1(c2cn(-c3ccccc3)cn2)Cc2ccccc2C1. The Morgan fingerprint density at radius 3 is 2.23 bits per heavy atom. The molecule has 110 valence electrons. The Balaban J connectivity index is 1.71. The van der Waals surface area contributed by atoms with Crippen molar-refractivity contribution in [2.75, 3.05) is 6.61 Å². The van der Waals surface area contributed by atoms with Crippen LogP contribution in [0.15, 0.2) is 67.1 Å². The molecule has 3 nitrogen and oxygen atoms in total. The maximum atomic E-state index is 10.1. The fourth-order valence-electron chi connectivity index (χ4n) is 3.41. The Morgan fingerprint density at radius 2 is 1.59 bits per heavy atom. The predicted octanol–water partition coefficient (Wildman–Crippen LogP) is 2.90. The third-order valence-electron chi connectivity index (χ3n) is 4.66. The lowest BCUT2D eigenvalue weighted by molar-refractivity contribution is 0.195. The third-order valence-corrected chi connectivity index (χ3v) is 4.66. The molecule has 1 N–H and O–H groups in total. The van der Waals surface area contributed by atoms with E-state index in [2.05, 4.69) is 47.6 Å². The molecule has 1 aliphatic rings. The summed E-state index contributed by atoms with van der Waals surface area (Å²) in [4.78, 5) is 4.60. The number of benzene rings is 2. The average Bonchev–Trinajstić information content (AvgIpc) is 3.21. The van der Waals surface area contributed by atoms with E-state index >= 15 is 0 Å². The zero-order valence-electron chi connectivity index (χ0n) is 12.3. The molecule has 0 bridgehead atoms. The number of fused-ring (bicyclic) bond motifs is 1. The van der Waals surface area contributed by atoms with Gasteiger partial charge in [0, 0.05) is 17.3 Å². The summed E-state index contributed by atoms with van der Waals surface area (Å²) < 4.78 is 2.02. The fourth-order valence-corrected chi connectivity index (χ4v) is 3.41. The molecule has 4 rings (SSSR count). The second kappa shape index (κ2) is 5.11. The minimum Gasteiger partial charge on any atom is -0.395 e. The van der Waals surface area contributed by atoms with Crippen molar-refractivity contribution >= 4 is 0 Å². The number of aliphatic hydroxyl groups excluding tert-OH is 1. The van der Waals surface area contributed by atoms with Crippen molar-refractivity contribution in [2.45, 2.75) is 18.3 Å². The lowest BCUT2D eigenvalue weighted by atomic mass is 9.82. The van der Waals surface area contributed by atoms with E-state index in [4.69, 9.17) is 0 Å². The van der Waals surface area contributed by atoms with E-state index < -0.39 is 0 Å². The van der Waals surface area contributed by atoms with E-state index in [0.717, 1.165) is 24.2 Å². The van der Waals surface area contributed by atoms with Crippen LogP contribution >= 0.6 is 0 Å². The van der Waals surface area contributed by atoms with Crippen LogP contribution in [0.25, 0.3) is 5.69 Å². The second-order valence-corrected chi connectivity index (χ2v) is 6.06. The van der Waals surface area contributed by atoms with Crippen molar-refractivity contribution in [3.8, 4) is 5.69 Å². The highest BCUT2D eigenvalue weighted by Gasteiger charge is 2.40. The number of nitrogens with zero attached hydrogens (tertiary/aromatic N) is 2. The van der Waals surface area contributed by atoms with Gasteiger partial charge in [-0.2, -0.15) is 0 Å². The highest BCUT2D eigenvalue weighted by atomic mass is 16.3. The van der Waals surface area contributed by atoms with Crippen molar-refractivity contribution in [3.63, 3.8) is 0 Å². The zero-order chi connectivity index (χ0) is 15.0. The molecule has 1 aromatic heterocycles. The van der Waals surface area contributed by atoms with Gasteiger partial charge < -0.3 is 9.67 Å². The molecule has 2 aromatic carbocycles. The van der Waals surface area contributed by atoms with Gasteiger partial charge >= 0.3 is 0 Å². The monoisotopic (exact) mass is 290 g/mol. The maximum Gasteiger partial charge on any atom is 0.0995 e. The molecule has 0 atom stereocenters. The van der Waals surface area contributed by atoms with Gasteiger partial charge in [-0.3, -0.25) is 0 Å². The maximum absolute atomic E-state index is 10.1. The lowest BCUT2D eigenvalue weighted by Crippen LogP contribution is -2.31. The molecule has 0 fully saturated rings. The fraction of sp³-hybridized carbons (Fsp3) is 0.211. The van der Waals surface area contributed by atoms with E-state index in [1.165, 1.54) is 11.1 Å². The Morgan fingerprint density at radius 1 is 0.955 bits per heavy atom. The van der Waals surface area contributed by atoms with Crippen molar-refractivity contribution < 1.29 is 5.11 Å². The molecule has 0 saturated heterocycles. The molecule has 22 heavy (non-hydrogen) atoms. The molecule has 0 unspecified atom stereocenters. The van der Waals surface area contributed by atoms with Crippen molar-refractivity contribution in [1.29, 1.82) is 0 Å². The molecule has 1 heterocycles. The number of para-hydroxylation sites is 1. The predicted molar refractivity (Wildman–Crippen MR) is 86.2 cm³/mol. The smallest absolute Gasteiger partial charge is 0.0995 e. The van der Waals surface area contributed by atoms with E-state index in [0.29, 0.717) is 0 Å². The molecule has 3 heteroatoms. The van der Waals surface area contributed by atoms with Gasteiger partial charge in [-0.1, -0.05) is 42.5 Å². The van der Waals surface area contributed by atoms with Crippen molar-refractivity contribution in [1.82, 2.24) is 9.55 Å². The summed E-state index contributed by atoms with van der Waals surface area (Å²) in [7, 11) is 0. The molecule has 1 aliphatic carbocycles. The van der Waals surface area contributed by atoms with E-state index in [9.17, 15) is 5.11 Å². The van der Waals surface area contributed by atoms with E-state index in [1.54, 1.807) is 0 Å². The van der Waals surface area contributed by atoms with Crippen LogP contribution in [0.1, 0.15) is 16.8 Å². The first-order chi connectivity index (χ1) is 10.8. The Kier molecular flexibility index (Phi) is 3.09. The van der Waals surface area contributed by atoms with Gasteiger partial charge in [-0.05, 0) is 36.1 Å². The zero-order valence-corrected chi connectivity index (χ0v) is 12.3. The number of imidazole rings is 1. The Labute approximate surface area is 129 Å². The third kappa shape index (κ3) is 2.06. The van der Waals surface area contributed by atoms with Gasteiger partial charge in [-0.25, -0.2) is 4.98 Å². The normalized spacial score (nSPS) is 15.7. The Bertz CT molecular complexity index is 767. The van der Waals surface area contributed by atoms with Gasteiger partial charge in [0.05, 0.1) is 18.6 Å². The number of rotatable bonds is 3. The number of hydrogen-bond acceptors (Lipinski definition) is 2. The second-order valence-electron chi connectivity index (χ2n) is 6.06. The van der Waals surface area contributed by atoms with Crippen LogP contribution < -0.4 is 0 Å². The van der Waals surface area contributed by atoms with Gasteiger partial charge in [-0.15, -0.1) is 0 Å². The molecule has 0 spiro atoms. The molecule has 0 aliphatic heterocycles. The summed E-state index contributed by atoms with van der Waals surface area (Å²) in [5, 5.41) is 10.1. The first-order valence-corrected chi connectivity index (χ1v) is 7.58. The molecular formula is C19H18N2O. The average molecular weight is 290 g/mol. The van der Waals surface area contributed by atoms with Crippen LogP contribution in [0, 0.1) is 0 Å². The van der Waals surface area contributed by atoms with Gasteiger partial charge in [0.25, 0.3) is 0 Å². The standard InChI is InChI=1S/C19H18N2O/c22-13-19(10-15-6-4-5-7-16(15)11-19)18-12-21(14-20-18)17-8-2-1-3-9-17/h1-9,12,14,22H,10-11,13H2. The summed E-state index contributed by atoms with van der Waals surface area (Å²) in [6, 6.07) is 18.6. The number of aromatic nitrogens is 2. The van der Waals surface area contributed by atoms with Gasteiger partial charge in [0.15, 0.2) is 0 Å².